The second kappa shape index (κ2) is 3.61. The number of piperidine rings is 1. The summed E-state index contributed by atoms with van der Waals surface area (Å²) in [5.74, 6) is 0. The summed E-state index contributed by atoms with van der Waals surface area (Å²) in [7, 11) is 5.14. The molecule has 1 saturated heterocycles. The van der Waals surface area contributed by atoms with Gasteiger partial charge in [0, 0.05) is 18.8 Å². The number of nitrogens with zero attached hydrogens (tertiary/aromatic N) is 2. The predicted octanol–water partition coefficient (Wildman–Crippen LogP) is 1.10. The third kappa shape index (κ3) is 2.29. The highest BCUT2D eigenvalue weighted by atomic mass is 31.0. The van der Waals surface area contributed by atoms with Crippen molar-refractivity contribution in [3.05, 3.63) is 0 Å². The van der Waals surface area contributed by atoms with Gasteiger partial charge in [-0.05, 0) is 22.2 Å². The molecular weight excluding hydrogens is 150 g/mol. The Morgan fingerprint density at radius 1 is 1.33 bits per heavy atom. The molecule has 0 aromatic rings. The van der Waals surface area contributed by atoms with Gasteiger partial charge in [-0.2, -0.15) is 0 Å². The minimum absolute atomic E-state index is 1.13. The molecule has 0 amide bonds. The Morgan fingerprint density at radius 3 is 2.33 bits per heavy atom. The van der Waals surface area contributed by atoms with Crippen LogP contribution >= 0.6 is 18.8 Å². The molecule has 1 heterocycles. The van der Waals surface area contributed by atoms with Gasteiger partial charge in [-0.15, -0.1) is 0 Å². The minimum Gasteiger partial charge on any atom is -0.287 e. The molecule has 4 heteroatoms. The summed E-state index contributed by atoms with van der Waals surface area (Å²) >= 11 is 0. The molecule has 2 atom stereocenters. The van der Waals surface area contributed by atoms with E-state index in [-0.39, 0.29) is 0 Å². The van der Waals surface area contributed by atoms with Crippen LogP contribution in [0.5, 0.6) is 0 Å². The predicted molar refractivity (Wildman–Crippen MR) is 47.7 cm³/mol. The van der Waals surface area contributed by atoms with Gasteiger partial charge in [0.05, 0.1) is 0 Å². The van der Waals surface area contributed by atoms with E-state index in [0.717, 1.165) is 25.9 Å². The quantitative estimate of drug-likeness (QED) is 0.487. The van der Waals surface area contributed by atoms with Crippen LogP contribution in [-0.2, 0) is 0 Å². The summed E-state index contributed by atoms with van der Waals surface area (Å²) in [5, 5.41) is 0. The smallest absolute Gasteiger partial charge is 0.0187 e. The summed E-state index contributed by atoms with van der Waals surface area (Å²) in [6.07, 6.45) is 2.26. The molecule has 0 bridgehead atoms. The van der Waals surface area contributed by atoms with Gasteiger partial charge in [-0.1, -0.05) is 9.39 Å². The van der Waals surface area contributed by atoms with Crippen molar-refractivity contribution in [2.24, 2.45) is 4.76 Å². The Morgan fingerprint density at radius 2 is 1.89 bits per heavy atom. The molecular formula is C5H12N2P2. The first-order chi connectivity index (χ1) is 4.33. The largest absolute Gasteiger partial charge is 0.287 e. The normalized spacial score (nSPS) is 22.2. The molecule has 1 aliphatic rings. The van der Waals surface area contributed by atoms with Crippen molar-refractivity contribution in [3.8, 4) is 0 Å². The van der Waals surface area contributed by atoms with Crippen LogP contribution in [0.25, 0.3) is 0 Å². The van der Waals surface area contributed by atoms with Gasteiger partial charge in [-0.25, -0.2) is 0 Å². The zero-order chi connectivity index (χ0) is 6.69. The monoisotopic (exact) mass is 162 g/mol. The summed E-state index contributed by atoms with van der Waals surface area (Å²) in [5.41, 5.74) is 1.33. The van der Waals surface area contributed by atoms with Gasteiger partial charge >= 0.3 is 0 Å². The van der Waals surface area contributed by atoms with Crippen LogP contribution < -0.4 is 0 Å². The molecule has 9 heavy (non-hydrogen) atoms. The first-order valence-electron chi connectivity index (χ1n) is 3.08. The van der Waals surface area contributed by atoms with E-state index in [1.807, 2.05) is 0 Å². The second-order valence-corrected chi connectivity index (χ2v) is 3.22. The lowest BCUT2D eigenvalue weighted by Crippen LogP contribution is -2.25. The van der Waals surface area contributed by atoms with Crippen LogP contribution in [0, 0.1) is 0 Å². The molecule has 0 saturated carbocycles. The molecule has 1 fully saturated rings. The van der Waals surface area contributed by atoms with Crippen molar-refractivity contribution in [3.63, 3.8) is 0 Å². The summed E-state index contributed by atoms with van der Waals surface area (Å²) < 4.78 is 6.33. The molecule has 0 aromatic carbocycles. The fourth-order valence-corrected chi connectivity index (χ4v) is 1.43. The fraction of sp³-hybridized carbons (Fsp3) is 0.800. The molecule has 0 aliphatic carbocycles. The van der Waals surface area contributed by atoms with E-state index in [0.29, 0.717) is 0 Å². The van der Waals surface area contributed by atoms with Gasteiger partial charge in [0.2, 0.25) is 0 Å². The lowest BCUT2D eigenvalue weighted by atomic mass is 10.1. The Bertz CT molecular complexity index is 114. The van der Waals surface area contributed by atoms with Crippen LogP contribution in [0.15, 0.2) is 4.76 Å². The molecule has 52 valence electrons. The molecule has 0 N–H and O–H groups in total. The van der Waals surface area contributed by atoms with Crippen molar-refractivity contribution in [1.29, 1.82) is 0 Å². The third-order valence-corrected chi connectivity index (χ3v) is 2.44. The molecule has 2 unspecified atom stereocenters. The zero-order valence-electron chi connectivity index (χ0n) is 5.38. The van der Waals surface area contributed by atoms with E-state index in [1.165, 1.54) is 5.71 Å². The van der Waals surface area contributed by atoms with Crippen LogP contribution in [-0.4, -0.2) is 23.5 Å². The minimum atomic E-state index is 1.13. The first kappa shape index (κ1) is 7.60. The van der Waals surface area contributed by atoms with Gasteiger partial charge < -0.3 is 0 Å². The third-order valence-electron chi connectivity index (χ3n) is 1.56. The summed E-state index contributed by atoms with van der Waals surface area (Å²) in [6, 6.07) is 0. The maximum absolute atomic E-state index is 4.08. The number of hydrogen-bond acceptors (Lipinski definition) is 2. The molecule has 2 nitrogen and oxygen atoms in total. The number of rotatable bonds is 0. The second-order valence-electron chi connectivity index (χ2n) is 2.23. The highest BCUT2D eigenvalue weighted by Gasteiger charge is 2.09. The first-order valence-corrected chi connectivity index (χ1v) is 4.11. The number of hydrogen-bond donors (Lipinski definition) is 0. The van der Waals surface area contributed by atoms with E-state index in [4.69, 9.17) is 0 Å². The van der Waals surface area contributed by atoms with Crippen LogP contribution in [0.1, 0.15) is 12.8 Å². The van der Waals surface area contributed by atoms with Crippen LogP contribution in [0.3, 0.4) is 0 Å². The Labute approximate surface area is 60.6 Å². The highest BCUT2D eigenvalue weighted by molar-refractivity contribution is 7.15. The van der Waals surface area contributed by atoms with E-state index >= 15 is 0 Å². The van der Waals surface area contributed by atoms with Crippen molar-refractivity contribution >= 4 is 24.5 Å². The van der Waals surface area contributed by atoms with E-state index < -0.39 is 0 Å². The van der Waals surface area contributed by atoms with Crippen LogP contribution in [0.2, 0.25) is 0 Å². The fourth-order valence-electron chi connectivity index (χ4n) is 0.911. The van der Waals surface area contributed by atoms with Crippen LogP contribution in [0.4, 0.5) is 0 Å². The molecule has 0 radical (unpaired) electrons. The average molecular weight is 162 g/mol. The lowest BCUT2D eigenvalue weighted by Gasteiger charge is -2.22. The van der Waals surface area contributed by atoms with Crippen molar-refractivity contribution in [1.82, 2.24) is 4.67 Å². The van der Waals surface area contributed by atoms with E-state index in [2.05, 4.69) is 28.2 Å². The van der Waals surface area contributed by atoms with E-state index in [9.17, 15) is 0 Å². The molecule has 0 spiro atoms. The maximum Gasteiger partial charge on any atom is 0.0187 e. The van der Waals surface area contributed by atoms with Gasteiger partial charge in [-0.3, -0.25) is 9.43 Å². The molecule has 1 rings (SSSR count). The standard InChI is InChI=1S/C5H12N2P2/c8-6-5-1-3-7(9)4-2-5/h1-4,8-9H2. The topological polar surface area (TPSA) is 15.6 Å². The van der Waals surface area contributed by atoms with E-state index in [1.54, 1.807) is 0 Å². The Kier molecular flexibility index (Phi) is 3.04. The zero-order valence-corrected chi connectivity index (χ0v) is 7.69. The molecule has 1 aliphatic heterocycles. The SMILES string of the molecule is PN=C1CCN(P)CC1. The van der Waals surface area contributed by atoms with Gasteiger partial charge in [0.25, 0.3) is 0 Å². The van der Waals surface area contributed by atoms with Gasteiger partial charge in [0.1, 0.15) is 0 Å². The molecule has 0 aromatic heterocycles. The maximum atomic E-state index is 4.08. The summed E-state index contributed by atoms with van der Waals surface area (Å²) in [6.45, 7) is 2.27. The summed E-state index contributed by atoms with van der Waals surface area (Å²) in [4.78, 5) is 0. The van der Waals surface area contributed by atoms with Gasteiger partial charge in [0.15, 0.2) is 0 Å². The average Bonchev–Trinajstić information content (AvgIpc) is 1.90. The highest BCUT2D eigenvalue weighted by Crippen LogP contribution is 2.11. The Hall–Kier alpha value is 0.490. The Balaban J connectivity index is 2.35. The lowest BCUT2D eigenvalue weighted by molar-refractivity contribution is 0.470. The van der Waals surface area contributed by atoms with Crippen molar-refractivity contribution in [2.75, 3.05) is 13.1 Å². The van der Waals surface area contributed by atoms with Crippen molar-refractivity contribution in [2.45, 2.75) is 12.8 Å². The van der Waals surface area contributed by atoms with Crippen molar-refractivity contribution < 1.29 is 0 Å².